The molecule has 94 valence electrons. The Labute approximate surface area is 108 Å². The van der Waals surface area contributed by atoms with Gasteiger partial charge in [-0.25, -0.2) is 0 Å². The quantitative estimate of drug-likeness (QED) is 0.895. The molecule has 1 aliphatic heterocycles. The van der Waals surface area contributed by atoms with Gasteiger partial charge in [-0.05, 0) is 18.1 Å². The molecule has 3 nitrogen and oxygen atoms in total. The van der Waals surface area contributed by atoms with Gasteiger partial charge in [0.2, 0.25) is 0 Å². The topological polar surface area (TPSA) is 42.1 Å². The van der Waals surface area contributed by atoms with Crippen LogP contribution in [0.25, 0.3) is 10.9 Å². The van der Waals surface area contributed by atoms with E-state index in [4.69, 9.17) is 5.73 Å². The molecule has 0 spiro atoms. The number of hydrogen-bond acceptors (Lipinski definition) is 3. The van der Waals surface area contributed by atoms with Gasteiger partial charge < -0.3 is 5.73 Å². The largest absolute Gasteiger partial charge is 0.323 e. The van der Waals surface area contributed by atoms with Gasteiger partial charge >= 0.3 is 0 Å². The van der Waals surface area contributed by atoms with Gasteiger partial charge in [-0.2, -0.15) is 0 Å². The third kappa shape index (κ3) is 2.00. The number of nitrogens with two attached hydrogens (primary N) is 1. The van der Waals surface area contributed by atoms with E-state index in [1.54, 1.807) is 0 Å². The normalized spacial score (nSPS) is 18.8. The van der Waals surface area contributed by atoms with E-state index >= 15 is 0 Å². The van der Waals surface area contributed by atoms with Crippen LogP contribution in [-0.4, -0.2) is 28.5 Å². The number of pyridine rings is 1. The van der Waals surface area contributed by atoms with Gasteiger partial charge in [0.1, 0.15) is 0 Å². The zero-order valence-corrected chi connectivity index (χ0v) is 10.8. The van der Waals surface area contributed by atoms with Crippen molar-refractivity contribution in [3.8, 4) is 0 Å². The van der Waals surface area contributed by atoms with Gasteiger partial charge in [0.25, 0.3) is 0 Å². The Kier molecular flexibility index (Phi) is 2.80. The van der Waals surface area contributed by atoms with E-state index in [0.717, 1.165) is 31.6 Å². The first-order valence-corrected chi connectivity index (χ1v) is 6.54. The number of hydrogen-bond donors (Lipinski definition) is 1. The van der Waals surface area contributed by atoms with Gasteiger partial charge in [0.05, 0.1) is 5.52 Å². The second kappa shape index (κ2) is 4.34. The first-order valence-electron chi connectivity index (χ1n) is 6.54. The molecule has 18 heavy (non-hydrogen) atoms. The Morgan fingerprint density at radius 1 is 1.28 bits per heavy atom. The van der Waals surface area contributed by atoms with E-state index in [1.165, 1.54) is 10.9 Å². The molecule has 1 aromatic carbocycles. The van der Waals surface area contributed by atoms with Crippen molar-refractivity contribution < 1.29 is 0 Å². The number of rotatable bonds is 3. The van der Waals surface area contributed by atoms with E-state index in [1.807, 2.05) is 12.3 Å². The SMILES string of the molecule is CCC1(N)CN(Cc2cccc3cccnc23)C1. The molecule has 2 aromatic rings. The fraction of sp³-hybridized carbons (Fsp3) is 0.400. The molecule has 0 aliphatic carbocycles. The number of nitrogens with zero attached hydrogens (tertiary/aromatic N) is 2. The molecule has 1 aliphatic rings. The van der Waals surface area contributed by atoms with Crippen LogP contribution in [0.4, 0.5) is 0 Å². The summed E-state index contributed by atoms with van der Waals surface area (Å²) in [6.45, 7) is 5.10. The lowest BCUT2D eigenvalue weighted by molar-refractivity contribution is 0.0610. The fourth-order valence-electron chi connectivity index (χ4n) is 2.72. The molecular weight excluding hydrogens is 222 g/mol. The predicted molar refractivity (Wildman–Crippen MR) is 74.2 cm³/mol. The van der Waals surface area contributed by atoms with Crippen molar-refractivity contribution in [2.75, 3.05) is 13.1 Å². The third-order valence-corrected chi connectivity index (χ3v) is 3.89. The van der Waals surface area contributed by atoms with E-state index < -0.39 is 0 Å². The van der Waals surface area contributed by atoms with Crippen LogP contribution >= 0.6 is 0 Å². The maximum Gasteiger partial charge on any atom is 0.0746 e. The molecule has 1 aromatic heterocycles. The van der Waals surface area contributed by atoms with Crippen LogP contribution in [0, 0.1) is 0 Å². The average Bonchev–Trinajstić information content (AvgIpc) is 2.37. The van der Waals surface area contributed by atoms with Gasteiger partial charge in [0.15, 0.2) is 0 Å². The summed E-state index contributed by atoms with van der Waals surface area (Å²) in [5, 5.41) is 1.21. The third-order valence-electron chi connectivity index (χ3n) is 3.89. The summed E-state index contributed by atoms with van der Waals surface area (Å²) < 4.78 is 0. The number of aromatic nitrogens is 1. The minimum Gasteiger partial charge on any atom is -0.323 e. The van der Waals surface area contributed by atoms with Crippen LogP contribution in [-0.2, 0) is 6.54 Å². The van der Waals surface area contributed by atoms with Crippen molar-refractivity contribution in [3.05, 3.63) is 42.1 Å². The van der Waals surface area contributed by atoms with Crippen molar-refractivity contribution in [1.82, 2.24) is 9.88 Å². The summed E-state index contributed by atoms with van der Waals surface area (Å²) in [5.41, 5.74) is 8.66. The molecule has 0 bridgehead atoms. The van der Waals surface area contributed by atoms with Gasteiger partial charge in [0, 0.05) is 36.8 Å². The van der Waals surface area contributed by atoms with Crippen LogP contribution in [0.2, 0.25) is 0 Å². The standard InChI is InChI=1S/C15H19N3/c1-2-15(16)10-18(11-15)9-13-6-3-5-12-7-4-8-17-14(12)13/h3-8H,2,9-11,16H2,1H3. The summed E-state index contributed by atoms with van der Waals surface area (Å²) in [6.07, 6.45) is 2.92. The zero-order valence-electron chi connectivity index (χ0n) is 10.8. The molecule has 0 radical (unpaired) electrons. The average molecular weight is 241 g/mol. The summed E-state index contributed by atoms with van der Waals surface area (Å²) in [4.78, 5) is 6.89. The second-order valence-electron chi connectivity index (χ2n) is 5.35. The molecule has 0 atom stereocenters. The van der Waals surface area contributed by atoms with E-state index in [9.17, 15) is 0 Å². The Hall–Kier alpha value is -1.45. The zero-order chi connectivity index (χ0) is 12.6. The Morgan fingerprint density at radius 2 is 2.06 bits per heavy atom. The smallest absolute Gasteiger partial charge is 0.0746 e. The molecule has 2 N–H and O–H groups in total. The van der Waals surface area contributed by atoms with Gasteiger partial charge in [-0.15, -0.1) is 0 Å². The lowest BCUT2D eigenvalue weighted by Crippen LogP contribution is -2.66. The molecular formula is C15H19N3. The minimum absolute atomic E-state index is 0.0397. The lowest BCUT2D eigenvalue weighted by atomic mass is 9.88. The summed E-state index contributed by atoms with van der Waals surface area (Å²) in [6, 6.07) is 10.5. The highest BCUT2D eigenvalue weighted by Gasteiger charge is 2.37. The number of benzene rings is 1. The predicted octanol–water partition coefficient (Wildman–Crippen LogP) is 2.16. The van der Waals surface area contributed by atoms with Crippen LogP contribution in [0.15, 0.2) is 36.5 Å². The second-order valence-corrected chi connectivity index (χ2v) is 5.35. The molecule has 0 saturated carbocycles. The van der Waals surface area contributed by atoms with Crippen LogP contribution < -0.4 is 5.73 Å². The van der Waals surface area contributed by atoms with E-state index in [2.05, 4.69) is 41.1 Å². The molecule has 0 unspecified atom stereocenters. The van der Waals surface area contributed by atoms with Crippen molar-refractivity contribution in [2.45, 2.75) is 25.4 Å². The van der Waals surface area contributed by atoms with Gasteiger partial charge in [-0.3, -0.25) is 9.88 Å². The number of para-hydroxylation sites is 1. The molecule has 2 heterocycles. The Bertz CT molecular complexity index is 553. The first kappa shape index (κ1) is 11.6. The highest BCUT2D eigenvalue weighted by molar-refractivity contribution is 5.81. The Morgan fingerprint density at radius 3 is 2.83 bits per heavy atom. The maximum atomic E-state index is 6.20. The molecule has 1 saturated heterocycles. The molecule has 3 rings (SSSR count). The van der Waals surface area contributed by atoms with Crippen LogP contribution in [0.1, 0.15) is 18.9 Å². The van der Waals surface area contributed by atoms with Crippen molar-refractivity contribution in [3.63, 3.8) is 0 Å². The van der Waals surface area contributed by atoms with E-state index in [-0.39, 0.29) is 5.54 Å². The first-order chi connectivity index (χ1) is 8.70. The van der Waals surface area contributed by atoms with Crippen LogP contribution in [0.5, 0.6) is 0 Å². The molecule has 3 heteroatoms. The summed E-state index contributed by atoms with van der Waals surface area (Å²) >= 11 is 0. The van der Waals surface area contributed by atoms with Crippen molar-refractivity contribution in [2.24, 2.45) is 5.73 Å². The molecule has 0 amide bonds. The number of fused-ring (bicyclic) bond motifs is 1. The lowest BCUT2D eigenvalue weighted by Gasteiger charge is -2.47. The maximum absolute atomic E-state index is 6.20. The van der Waals surface area contributed by atoms with E-state index in [0.29, 0.717) is 0 Å². The summed E-state index contributed by atoms with van der Waals surface area (Å²) in [5.74, 6) is 0. The fourth-order valence-corrected chi connectivity index (χ4v) is 2.72. The van der Waals surface area contributed by atoms with Crippen molar-refractivity contribution >= 4 is 10.9 Å². The van der Waals surface area contributed by atoms with Gasteiger partial charge in [-0.1, -0.05) is 31.2 Å². The number of likely N-dealkylation sites (tertiary alicyclic amines) is 1. The Balaban J connectivity index is 1.80. The monoisotopic (exact) mass is 241 g/mol. The highest BCUT2D eigenvalue weighted by atomic mass is 15.2. The highest BCUT2D eigenvalue weighted by Crippen LogP contribution is 2.25. The molecule has 1 fully saturated rings. The summed E-state index contributed by atoms with van der Waals surface area (Å²) in [7, 11) is 0. The van der Waals surface area contributed by atoms with Crippen LogP contribution in [0.3, 0.4) is 0 Å². The van der Waals surface area contributed by atoms with Crippen molar-refractivity contribution in [1.29, 1.82) is 0 Å². The minimum atomic E-state index is 0.0397.